The monoisotopic (exact) mass is 420 g/mol. The van der Waals surface area contributed by atoms with E-state index in [-0.39, 0.29) is 0 Å². The molecule has 3 rings (SSSR count). The number of aryl methyl sites for hydroxylation is 1. The van der Waals surface area contributed by atoms with Gasteiger partial charge >= 0.3 is 11.6 Å². The Morgan fingerprint density at radius 3 is 2.74 bits per heavy atom. The predicted molar refractivity (Wildman–Crippen MR) is 96.0 cm³/mol. The summed E-state index contributed by atoms with van der Waals surface area (Å²) in [5.74, 6) is -0.102. The molecule has 2 aromatic carbocycles. The Morgan fingerprint density at radius 1 is 1.17 bits per heavy atom. The van der Waals surface area contributed by atoms with Gasteiger partial charge in [0.15, 0.2) is 0 Å². The third-order valence-electron chi connectivity index (χ3n) is 3.45. The first-order valence-electron chi connectivity index (χ1n) is 7.11. The quantitative estimate of drug-likeness (QED) is 0.276. The summed E-state index contributed by atoms with van der Waals surface area (Å²) in [6.45, 7) is 1.97. The topological polar surface area (TPSA) is 56.5 Å². The lowest BCUT2D eigenvalue weighted by atomic mass is 10.1. The maximum absolute atomic E-state index is 12.2. The summed E-state index contributed by atoms with van der Waals surface area (Å²) in [4.78, 5) is 23.8. The third-order valence-corrected chi connectivity index (χ3v) is 4.12. The lowest BCUT2D eigenvalue weighted by molar-refractivity contribution is 0.0735. The summed E-state index contributed by atoms with van der Waals surface area (Å²) in [7, 11) is 0. The highest BCUT2D eigenvalue weighted by Crippen LogP contribution is 2.23. The second-order valence-corrected chi connectivity index (χ2v) is 6.25. The number of hydrogen-bond acceptors (Lipinski definition) is 4. The maximum atomic E-state index is 12.2. The predicted octanol–water partition coefficient (Wildman–Crippen LogP) is 4.18. The Labute approximate surface area is 146 Å². The zero-order valence-electron chi connectivity index (χ0n) is 12.3. The van der Waals surface area contributed by atoms with Gasteiger partial charge in [0.25, 0.3) is 0 Å². The minimum absolute atomic E-state index is 0.345. The van der Waals surface area contributed by atoms with Gasteiger partial charge in [0.05, 0.1) is 5.56 Å². The highest BCUT2D eigenvalue weighted by molar-refractivity contribution is 14.1. The van der Waals surface area contributed by atoms with Crippen molar-refractivity contribution in [3.8, 4) is 5.75 Å². The van der Waals surface area contributed by atoms with Gasteiger partial charge < -0.3 is 9.15 Å². The molecule has 0 aliphatic heterocycles. The van der Waals surface area contributed by atoms with Crippen LogP contribution in [0, 0.1) is 3.57 Å². The maximum Gasteiger partial charge on any atom is 0.343 e. The van der Waals surface area contributed by atoms with Gasteiger partial charge in [-0.25, -0.2) is 9.59 Å². The van der Waals surface area contributed by atoms with Crippen molar-refractivity contribution in [1.29, 1.82) is 0 Å². The van der Waals surface area contributed by atoms with Crippen molar-refractivity contribution in [1.82, 2.24) is 0 Å². The van der Waals surface area contributed by atoms with Crippen molar-refractivity contribution in [2.45, 2.75) is 13.3 Å². The number of hydrogen-bond donors (Lipinski definition) is 0. The zero-order valence-corrected chi connectivity index (χ0v) is 14.5. The SMILES string of the molecule is CCc1cc(=O)oc2cc(OC(=O)c3cccc(I)c3)ccc12. The molecule has 0 bridgehead atoms. The lowest BCUT2D eigenvalue weighted by Gasteiger charge is -2.07. The number of benzene rings is 2. The van der Waals surface area contributed by atoms with Crippen molar-refractivity contribution >= 4 is 39.5 Å². The minimum Gasteiger partial charge on any atom is -0.423 e. The molecule has 1 aromatic heterocycles. The molecule has 5 heteroatoms. The van der Waals surface area contributed by atoms with Crippen LogP contribution in [0.5, 0.6) is 5.75 Å². The molecule has 3 aromatic rings. The second kappa shape index (κ2) is 6.54. The van der Waals surface area contributed by atoms with E-state index in [9.17, 15) is 9.59 Å². The summed E-state index contributed by atoms with van der Waals surface area (Å²) < 4.78 is 11.5. The molecule has 4 nitrogen and oxygen atoms in total. The number of esters is 1. The van der Waals surface area contributed by atoms with Crippen molar-refractivity contribution in [3.63, 3.8) is 0 Å². The van der Waals surface area contributed by atoms with Crippen molar-refractivity contribution < 1.29 is 13.9 Å². The van der Waals surface area contributed by atoms with E-state index in [1.54, 1.807) is 36.4 Å². The van der Waals surface area contributed by atoms with Crippen molar-refractivity contribution in [3.05, 3.63) is 73.6 Å². The van der Waals surface area contributed by atoms with E-state index in [1.165, 1.54) is 6.07 Å². The third kappa shape index (κ3) is 3.44. The van der Waals surface area contributed by atoms with Gasteiger partial charge in [-0.1, -0.05) is 13.0 Å². The smallest absolute Gasteiger partial charge is 0.343 e. The van der Waals surface area contributed by atoms with Crippen LogP contribution in [0.3, 0.4) is 0 Å². The van der Waals surface area contributed by atoms with Crippen LogP contribution in [0.2, 0.25) is 0 Å². The fraction of sp³-hybridized carbons (Fsp3) is 0.111. The van der Waals surface area contributed by atoms with E-state index < -0.39 is 11.6 Å². The second-order valence-electron chi connectivity index (χ2n) is 5.00. The largest absolute Gasteiger partial charge is 0.423 e. The number of carbonyl (C=O) groups excluding carboxylic acids is 1. The van der Waals surface area contributed by atoms with Crippen LogP contribution in [0.25, 0.3) is 11.0 Å². The average molecular weight is 420 g/mol. The van der Waals surface area contributed by atoms with Crippen LogP contribution in [-0.4, -0.2) is 5.97 Å². The summed E-state index contributed by atoms with van der Waals surface area (Å²) in [5, 5.41) is 0.848. The molecule has 0 aliphatic rings. The van der Waals surface area contributed by atoms with Crippen LogP contribution in [0.4, 0.5) is 0 Å². The Kier molecular flexibility index (Phi) is 4.47. The van der Waals surface area contributed by atoms with Gasteiger partial charge in [-0.05, 0) is 64.9 Å². The van der Waals surface area contributed by atoms with Crippen LogP contribution in [0.1, 0.15) is 22.8 Å². The first kappa shape index (κ1) is 15.7. The normalized spacial score (nSPS) is 10.7. The molecule has 0 fully saturated rings. The molecule has 0 N–H and O–H groups in total. The van der Waals surface area contributed by atoms with Gasteiger partial charge in [0, 0.05) is 21.1 Å². The van der Waals surface area contributed by atoms with E-state index in [2.05, 4.69) is 22.6 Å². The highest BCUT2D eigenvalue weighted by Gasteiger charge is 2.11. The summed E-state index contributed by atoms with van der Waals surface area (Å²) >= 11 is 2.14. The highest BCUT2D eigenvalue weighted by atomic mass is 127. The Bertz CT molecular complexity index is 943. The molecule has 1 heterocycles. The standard InChI is InChI=1S/C18H13IO4/c1-2-11-9-17(20)23-16-10-14(6-7-15(11)16)22-18(21)12-4-3-5-13(19)8-12/h3-10H,2H2,1H3. The van der Waals surface area contributed by atoms with E-state index in [0.29, 0.717) is 16.9 Å². The van der Waals surface area contributed by atoms with E-state index in [4.69, 9.17) is 9.15 Å². The molecular formula is C18H13IO4. The van der Waals surface area contributed by atoms with Gasteiger partial charge in [-0.2, -0.15) is 0 Å². The number of halogens is 1. The van der Waals surface area contributed by atoms with Gasteiger partial charge in [0.2, 0.25) is 0 Å². The first-order valence-corrected chi connectivity index (χ1v) is 8.19. The van der Waals surface area contributed by atoms with Crippen LogP contribution in [-0.2, 0) is 6.42 Å². The van der Waals surface area contributed by atoms with E-state index >= 15 is 0 Å². The van der Waals surface area contributed by atoms with Gasteiger partial charge in [-0.15, -0.1) is 0 Å². The molecule has 0 atom stereocenters. The number of fused-ring (bicyclic) bond motifs is 1. The Morgan fingerprint density at radius 2 is 2.00 bits per heavy atom. The van der Waals surface area contributed by atoms with Crippen molar-refractivity contribution in [2.75, 3.05) is 0 Å². The summed E-state index contributed by atoms with van der Waals surface area (Å²) in [6.07, 6.45) is 0.726. The van der Waals surface area contributed by atoms with Crippen LogP contribution in [0.15, 0.2) is 57.7 Å². The van der Waals surface area contributed by atoms with Gasteiger partial charge in [-0.3, -0.25) is 0 Å². The molecule has 0 unspecified atom stereocenters. The van der Waals surface area contributed by atoms with Crippen LogP contribution >= 0.6 is 22.6 Å². The molecule has 0 amide bonds. The minimum atomic E-state index is -0.447. The first-order chi connectivity index (χ1) is 11.1. The van der Waals surface area contributed by atoms with E-state index in [0.717, 1.165) is 20.9 Å². The zero-order chi connectivity index (χ0) is 16.4. The Hall–Kier alpha value is -2.15. The molecule has 0 radical (unpaired) electrons. The molecule has 0 aliphatic carbocycles. The number of rotatable bonds is 3. The summed E-state index contributed by atoms with van der Waals surface area (Å²) in [5.41, 5.74) is 1.39. The lowest BCUT2D eigenvalue weighted by Crippen LogP contribution is -2.08. The fourth-order valence-electron chi connectivity index (χ4n) is 2.35. The molecule has 0 spiro atoms. The number of carbonyl (C=O) groups is 1. The van der Waals surface area contributed by atoms with Gasteiger partial charge in [0.1, 0.15) is 11.3 Å². The molecule has 0 saturated carbocycles. The molecule has 23 heavy (non-hydrogen) atoms. The van der Waals surface area contributed by atoms with Crippen LogP contribution < -0.4 is 10.4 Å². The number of ether oxygens (including phenoxy) is 1. The fourth-order valence-corrected chi connectivity index (χ4v) is 2.89. The average Bonchev–Trinajstić information content (AvgIpc) is 2.53. The van der Waals surface area contributed by atoms with E-state index in [1.807, 2.05) is 13.0 Å². The molecule has 0 saturated heterocycles. The molecular weight excluding hydrogens is 407 g/mol. The molecule has 116 valence electrons. The van der Waals surface area contributed by atoms with Crippen molar-refractivity contribution in [2.24, 2.45) is 0 Å². The summed E-state index contributed by atoms with van der Waals surface area (Å²) in [6, 6.07) is 13.7. The Balaban J connectivity index is 1.95.